The quantitative estimate of drug-likeness (QED) is 0.511. The summed E-state index contributed by atoms with van der Waals surface area (Å²) in [6, 6.07) is 11.6. The van der Waals surface area contributed by atoms with Crippen LogP contribution >= 0.6 is 0 Å². The molecule has 3 amide bonds. The van der Waals surface area contributed by atoms with Gasteiger partial charge in [0.05, 0.1) is 23.1 Å². The van der Waals surface area contributed by atoms with Gasteiger partial charge >= 0.3 is 6.03 Å². The summed E-state index contributed by atoms with van der Waals surface area (Å²) in [5.74, 6) is 0.261. The van der Waals surface area contributed by atoms with Crippen molar-refractivity contribution in [2.75, 3.05) is 11.9 Å². The van der Waals surface area contributed by atoms with Gasteiger partial charge in [0.2, 0.25) is 0 Å². The van der Waals surface area contributed by atoms with Crippen LogP contribution in [-0.2, 0) is 4.79 Å². The van der Waals surface area contributed by atoms with Gasteiger partial charge in [0.25, 0.3) is 11.6 Å². The first-order valence-corrected chi connectivity index (χ1v) is 8.96. The molecular weight excluding hydrogens is 376 g/mol. The van der Waals surface area contributed by atoms with Crippen LogP contribution in [0.25, 0.3) is 0 Å². The number of anilines is 1. The lowest BCUT2D eigenvalue weighted by Crippen LogP contribution is -2.45. The summed E-state index contributed by atoms with van der Waals surface area (Å²) in [6.07, 6.45) is 0. The van der Waals surface area contributed by atoms with Crippen molar-refractivity contribution in [1.82, 2.24) is 10.6 Å². The molecule has 0 saturated heterocycles. The maximum absolute atomic E-state index is 12.9. The Balaban J connectivity index is 1.86. The van der Waals surface area contributed by atoms with Crippen molar-refractivity contribution in [2.45, 2.75) is 19.9 Å². The molecular formula is C20H20N4O5. The summed E-state index contributed by atoms with van der Waals surface area (Å²) in [7, 11) is 0. The van der Waals surface area contributed by atoms with Crippen LogP contribution in [-0.4, -0.2) is 23.5 Å². The van der Waals surface area contributed by atoms with E-state index in [2.05, 4.69) is 16.0 Å². The third-order valence-corrected chi connectivity index (χ3v) is 4.37. The number of ether oxygens (including phenoxy) is 1. The summed E-state index contributed by atoms with van der Waals surface area (Å²) in [5.41, 5.74) is 1.82. The van der Waals surface area contributed by atoms with Crippen LogP contribution in [0, 0.1) is 10.1 Å². The van der Waals surface area contributed by atoms with Crippen molar-refractivity contribution in [3.05, 3.63) is 75.5 Å². The highest BCUT2D eigenvalue weighted by molar-refractivity contribution is 6.06. The highest BCUT2D eigenvalue weighted by atomic mass is 16.6. The topological polar surface area (TPSA) is 123 Å². The second-order valence-corrected chi connectivity index (χ2v) is 6.33. The molecule has 2 aromatic rings. The van der Waals surface area contributed by atoms with Crippen molar-refractivity contribution in [1.29, 1.82) is 0 Å². The van der Waals surface area contributed by atoms with E-state index in [0.717, 1.165) is 5.56 Å². The highest BCUT2D eigenvalue weighted by Crippen LogP contribution is 2.29. The van der Waals surface area contributed by atoms with Gasteiger partial charge in [0, 0.05) is 23.5 Å². The molecule has 1 aliphatic rings. The summed E-state index contributed by atoms with van der Waals surface area (Å²) in [4.78, 5) is 35.2. The van der Waals surface area contributed by atoms with Gasteiger partial charge in [-0.15, -0.1) is 0 Å². The van der Waals surface area contributed by atoms with Crippen LogP contribution in [0.5, 0.6) is 5.75 Å². The molecule has 0 bridgehead atoms. The number of non-ortho nitro benzene ring substituents is 1. The van der Waals surface area contributed by atoms with Gasteiger partial charge in [-0.1, -0.05) is 12.1 Å². The maximum atomic E-state index is 12.9. The molecule has 1 aliphatic heterocycles. The SMILES string of the molecule is CCOc1ccc([C@@H]2NC(=O)NC(C)=C2C(=O)Nc2ccc([N+](=O)[O-])cc2)cc1. The summed E-state index contributed by atoms with van der Waals surface area (Å²) in [5, 5.41) is 18.9. The first-order chi connectivity index (χ1) is 13.9. The molecule has 1 atom stereocenters. The van der Waals surface area contributed by atoms with Gasteiger partial charge < -0.3 is 20.7 Å². The Bertz CT molecular complexity index is 967. The lowest BCUT2D eigenvalue weighted by molar-refractivity contribution is -0.384. The highest BCUT2D eigenvalue weighted by Gasteiger charge is 2.31. The number of allylic oxidation sites excluding steroid dienone is 1. The molecule has 9 heteroatoms. The number of hydrogen-bond donors (Lipinski definition) is 3. The fourth-order valence-electron chi connectivity index (χ4n) is 3.03. The standard InChI is InChI=1S/C20H20N4O5/c1-3-29-16-10-4-13(5-11-16)18-17(12(2)21-20(26)23-18)19(25)22-14-6-8-15(9-7-14)24(27)28/h4-11,18H,3H2,1-2H3,(H,22,25)(H2,21,23,26)/t18-/m0/s1. The molecule has 0 aromatic heterocycles. The predicted molar refractivity (Wildman–Crippen MR) is 106 cm³/mol. The number of rotatable bonds is 6. The number of urea groups is 1. The molecule has 0 saturated carbocycles. The minimum absolute atomic E-state index is 0.0720. The summed E-state index contributed by atoms with van der Waals surface area (Å²) in [6.45, 7) is 4.06. The Morgan fingerprint density at radius 3 is 2.41 bits per heavy atom. The largest absolute Gasteiger partial charge is 0.494 e. The molecule has 1 heterocycles. The van der Waals surface area contributed by atoms with Crippen molar-refractivity contribution in [3.63, 3.8) is 0 Å². The Labute approximate surface area is 166 Å². The van der Waals surface area contributed by atoms with Gasteiger partial charge in [0.1, 0.15) is 5.75 Å². The third-order valence-electron chi connectivity index (χ3n) is 4.37. The van der Waals surface area contributed by atoms with Crippen LogP contribution < -0.4 is 20.7 Å². The van der Waals surface area contributed by atoms with E-state index in [1.807, 2.05) is 6.92 Å². The Hall–Kier alpha value is -3.88. The molecule has 9 nitrogen and oxygen atoms in total. The zero-order valence-corrected chi connectivity index (χ0v) is 15.9. The average molecular weight is 396 g/mol. The number of carbonyl (C=O) groups is 2. The molecule has 0 fully saturated rings. The first kappa shape index (κ1) is 19.9. The second kappa shape index (κ2) is 8.42. The van der Waals surface area contributed by atoms with E-state index in [0.29, 0.717) is 29.3 Å². The number of nitro benzene ring substituents is 1. The zero-order chi connectivity index (χ0) is 21.0. The fraction of sp³-hybridized carbons (Fsp3) is 0.200. The molecule has 3 N–H and O–H groups in total. The van der Waals surface area contributed by atoms with Gasteiger partial charge in [-0.2, -0.15) is 0 Å². The summed E-state index contributed by atoms with van der Waals surface area (Å²) >= 11 is 0. The predicted octanol–water partition coefficient (Wildman–Crippen LogP) is 3.26. The van der Waals surface area contributed by atoms with E-state index in [1.54, 1.807) is 31.2 Å². The average Bonchev–Trinajstić information content (AvgIpc) is 2.68. The minimum Gasteiger partial charge on any atom is -0.494 e. The fourth-order valence-corrected chi connectivity index (χ4v) is 3.03. The normalized spacial score (nSPS) is 15.9. The molecule has 2 aromatic carbocycles. The third kappa shape index (κ3) is 4.52. The van der Waals surface area contributed by atoms with E-state index in [-0.39, 0.29) is 5.69 Å². The number of nitro groups is 1. The van der Waals surface area contributed by atoms with Gasteiger partial charge in [-0.05, 0) is 43.7 Å². The van der Waals surface area contributed by atoms with Crippen LogP contribution in [0.4, 0.5) is 16.2 Å². The number of nitrogens with one attached hydrogen (secondary N) is 3. The lowest BCUT2D eigenvalue weighted by Gasteiger charge is -2.28. The van der Waals surface area contributed by atoms with E-state index in [9.17, 15) is 19.7 Å². The molecule has 0 radical (unpaired) electrons. The number of nitrogens with zero attached hydrogens (tertiary/aromatic N) is 1. The lowest BCUT2D eigenvalue weighted by atomic mass is 9.94. The van der Waals surface area contributed by atoms with Gasteiger partial charge in [-0.3, -0.25) is 14.9 Å². The number of carbonyl (C=O) groups excluding carboxylic acids is 2. The van der Waals surface area contributed by atoms with E-state index in [1.165, 1.54) is 24.3 Å². The van der Waals surface area contributed by atoms with E-state index >= 15 is 0 Å². The smallest absolute Gasteiger partial charge is 0.319 e. The van der Waals surface area contributed by atoms with Crippen molar-refractivity contribution >= 4 is 23.3 Å². The van der Waals surface area contributed by atoms with Crippen LogP contribution in [0.15, 0.2) is 59.8 Å². The molecule has 3 rings (SSSR count). The molecule has 0 unspecified atom stereocenters. The second-order valence-electron chi connectivity index (χ2n) is 6.33. The van der Waals surface area contributed by atoms with Crippen LogP contribution in [0.1, 0.15) is 25.5 Å². The monoisotopic (exact) mass is 396 g/mol. The Kier molecular flexibility index (Phi) is 5.77. The number of amides is 3. The van der Waals surface area contributed by atoms with Gasteiger partial charge in [0.15, 0.2) is 0 Å². The molecule has 0 spiro atoms. The minimum atomic E-state index is -0.655. The van der Waals surface area contributed by atoms with Crippen molar-refractivity contribution in [3.8, 4) is 5.75 Å². The first-order valence-electron chi connectivity index (χ1n) is 8.96. The Morgan fingerprint density at radius 2 is 1.83 bits per heavy atom. The van der Waals surface area contributed by atoms with Gasteiger partial charge in [-0.25, -0.2) is 4.79 Å². The Morgan fingerprint density at radius 1 is 1.17 bits per heavy atom. The molecule has 29 heavy (non-hydrogen) atoms. The number of hydrogen-bond acceptors (Lipinski definition) is 5. The van der Waals surface area contributed by atoms with E-state index < -0.39 is 22.9 Å². The van der Waals surface area contributed by atoms with Crippen LogP contribution in [0.2, 0.25) is 0 Å². The van der Waals surface area contributed by atoms with E-state index in [4.69, 9.17) is 4.74 Å². The molecule has 0 aliphatic carbocycles. The summed E-state index contributed by atoms with van der Waals surface area (Å²) < 4.78 is 5.43. The maximum Gasteiger partial charge on any atom is 0.319 e. The van der Waals surface area contributed by atoms with Crippen molar-refractivity contribution < 1.29 is 19.2 Å². The molecule has 150 valence electrons. The van der Waals surface area contributed by atoms with Crippen molar-refractivity contribution in [2.24, 2.45) is 0 Å². The van der Waals surface area contributed by atoms with Crippen LogP contribution in [0.3, 0.4) is 0 Å². The zero-order valence-electron chi connectivity index (χ0n) is 15.9. The number of benzene rings is 2.